The van der Waals surface area contributed by atoms with Gasteiger partial charge in [-0.15, -0.1) is 0 Å². The van der Waals surface area contributed by atoms with Gasteiger partial charge in [-0.1, -0.05) is 45.4 Å². The third-order valence-electron chi connectivity index (χ3n) is 3.70. The summed E-state index contributed by atoms with van der Waals surface area (Å²) in [7, 11) is 0. The molecule has 0 aliphatic heterocycles. The lowest BCUT2D eigenvalue weighted by Crippen LogP contribution is -2.40. The molecule has 1 rings (SSSR count). The van der Waals surface area contributed by atoms with Crippen LogP contribution in [0.25, 0.3) is 0 Å². The van der Waals surface area contributed by atoms with Crippen molar-refractivity contribution in [1.29, 1.82) is 0 Å². The summed E-state index contributed by atoms with van der Waals surface area (Å²) < 4.78 is 5.79. The number of hydrogen-bond donors (Lipinski definition) is 0. The number of rotatable bonds is 8. The maximum Gasteiger partial charge on any atom is 0.194 e. The van der Waals surface area contributed by atoms with E-state index >= 15 is 0 Å². The molecule has 0 unspecified atom stereocenters. The fraction of sp³-hybridized carbons (Fsp3) is 0.588. The van der Waals surface area contributed by atoms with Gasteiger partial charge in [0.15, 0.2) is 5.78 Å². The third kappa shape index (κ3) is 3.66. The summed E-state index contributed by atoms with van der Waals surface area (Å²) in [5.41, 5.74) is 1.36. The van der Waals surface area contributed by atoms with Crippen molar-refractivity contribution in [2.45, 2.75) is 59.0 Å². The summed E-state index contributed by atoms with van der Waals surface area (Å²) in [4.78, 5) is 12.8. The highest BCUT2D eigenvalue weighted by atomic mass is 16.5. The molecule has 0 aliphatic carbocycles. The van der Waals surface area contributed by atoms with Crippen LogP contribution in [-0.2, 0) is 11.2 Å². The van der Waals surface area contributed by atoms with Gasteiger partial charge in [-0.3, -0.25) is 4.79 Å². The number of benzene rings is 1. The molecule has 0 radical (unpaired) electrons. The van der Waals surface area contributed by atoms with E-state index in [-0.39, 0.29) is 5.78 Å². The number of carbonyl (C=O) groups excluding carboxylic acids is 1. The Morgan fingerprint density at radius 3 is 2.37 bits per heavy atom. The van der Waals surface area contributed by atoms with Crippen LogP contribution in [0.15, 0.2) is 24.3 Å². The van der Waals surface area contributed by atoms with Gasteiger partial charge in [0.05, 0.1) is 0 Å². The number of Topliss-reactive ketones (excluding diaryl/α,β-unsaturated/α-hetero) is 1. The van der Waals surface area contributed by atoms with E-state index in [1.807, 2.05) is 39.0 Å². The quantitative estimate of drug-likeness (QED) is 0.648. The van der Waals surface area contributed by atoms with Crippen LogP contribution in [0.5, 0.6) is 0 Å². The molecule has 0 fully saturated rings. The van der Waals surface area contributed by atoms with E-state index in [1.165, 1.54) is 5.56 Å². The molecule has 0 amide bonds. The highest BCUT2D eigenvalue weighted by Crippen LogP contribution is 2.26. The molecule has 1 aromatic carbocycles. The Hall–Kier alpha value is -1.15. The van der Waals surface area contributed by atoms with Gasteiger partial charge in [-0.25, -0.2) is 0 Å². The molecule has 0 saturated heterocycles. The first-order valence-corrected chi connectivity index (χ1v) is 7.41. The molecule has 0 aromatic heterocycles. The van der Waals surface area contributed by atoms with Crippen LogP contribution >= 0.6 is 0 Å². The van der Waals surface area contributed by atoms with Crippen molar-refractivity contribution < 1.29 is 9.53 Å². The monoisotopic (exact) mass is 262 g/mol. The smallest absolute Gasteiger partial charge is 0.194 e. The van der Waals surface area contributed by atoms with Gasteiger partial charge in [0.25, 0.3) is 0 Å². The minimum absolute atomic E-state index is 0.123. The van der Waals surface area contributed by atoms with Crippen LogP contribution in [0, 0.1) is 0 Å². The van der Waals surface area contributed by atoms with Gasteiger partial charge in [0.2, 0.25) is 0 Å². The molecule has 0 bridgehead atoms. The van der Waals surface area contributed by atoms with Crippen molar-refractivity contribution in [1.82, 2.24) is 0 Å². The van der Waals surface area contributed by atoms with Crippen molar-refractivity contribution in [2.24, 2.45) is 0 Å². The predicted octanol–water partition coefficient (Wildman–Crippen LogP) is 4.42. The molecule has 19 heavy (non-hydrogen) atoms. The Bertz CT molecular complexity index is 405. The fourth-order valence-electron chi connectivity index (χ4n) is 2.54. The molecule has 0 spiro atoms. The Balaban J connectivity index is 3.05. The minimum Gasteiger partial charge on any atom is -0.367 e. The molecule has 0 N–H and O–H groups in total. The molecule has 0 heterocycles. The zero-order valence-corrected chi connectivity index (χ0v) is 12.7. The zero-order valence-electron chi connectivity index (χ0n) is 12.7. The largest absolute Gasteiger partial charge is 0.367 e. The van der Waals surface area contributed by atoms with Crippen molar-refractivity contribution in [2.75, 3.05) is 6.61 Å². The lowest BCUT2D eigenvalue weighted by molar-refractivity contribution is -0.0250. The van der Waals surface area contributed by atoms with Crippen molar-refractivity contribution in [3.8, 4) is 0 Å². The van der Waals surface area contributed by atoms with Crippen LogP contribution in [0.3, 0.4) is 0 Å². The van der Waals surface area contributed by atoms with E-state index in [1.54, 1.807) is 0 Å². The SMILES string of the molecule is CCCc1cccc(C(=O)C(CC)(CC)OCC)c1. The highest BCUT2D eigenvalue weighted by molar-refractivity contribution is 6.02. The van der Waals surface area contributed by atoms with Crippen molar-refractivity contribution in [3.05, 3.63) is 35.4 Å². The Labute approximate surface area is 117 Å². The molecule has 1 aromatic rings. The normalized spacial score (nSPS) is 11.6. The van der Waals surface area contributed by atoms with Crippen LogP contribution in [0.4, 0.5) is 0 Å². The Kier molecular flexibility index (Phi) is 6.23. The standard InChI is InChI=1S/C17H26O2/c1-5-10-14-11-9-12-15(13-14)16(18)17(6-2,7-3)19-8-4/h9,11-13H,5-8,10H2,1-4H3. The summed E-state index contributed by atoms with van der Waals surface area (Å²) in [6.45, 7) is 8.71. The predicted molar refractivity (Wildman–Crippen MR) is 79.7 cm³/mol. The summed E-state index contributed by atoms with van der Waals surface area (Å²) in [5, 5.41) is 0. The van der Waals surface area contributed by atoms with Gasteiger partial charge in [-0.05, 0) is 37.8 Å². The van der Waals surface area contributed by atoms with Gasteiger partial charge < -0.3 is 4.74 Å². The average molecular weight is 262 g/mol. The van der Waals surface area contributed by atoms with E-state index in [0.717, 1.165) is 18.4 Å². The lowest BCUT2D eigenvalue weighted by atomic mass is 9.87. The van der Waals surface area contributed by atoms with E-state index in [0.29, 0.717) is 19.4 Å². The van der Waals surface area contributed by atoms with Crippen LogP contribution in [0.1, 0.15) is 62.9 Å². The van der Waals surface area contributed by atoms with Crippen molar-refractivity contribution >= 4 is 5.78 Å². The lowest BCUT2D eigenvalue weighted by Gasteiger charge is -2.30. The molecule has 0 atom stereocenters. The van der Waals surface area contributed by atoms with Crippen LogP contribution in [0.2, 0.25) is 0 Å². The van der Waals surface area contributed by atoms with Gasteiger partial charge in [0, 0.05) is 12.2 Å². The van der Waals surface area contributed by atoms with Crippen LogP contribution < -0.4 is 0 Å². The molecule has 2 heteroatoms. The number of hydrogen-bond acceptors (Lipinski definition) is 2. The van der Waals surface area contributed by atoms with E-state index in [9.17, 15) is 4.79 Å². The fourth-order valence-corrected chi connectivity index (χ4v) is 2.54. The summed E-state index contributed by atoms with van der Waals surface area (Å²) in [6, 6.07) is 7.98. The van der Waals surface area contributed by atoms with Crippen molar-refractivity contribution in [3.63, 3.8) is 0 Å². The minimum atomic E-state index is -0.653. The first kappa shape index (κ1) is 15.9. The first-order valence-electron chi connectivity index (χ1n) is 7.41. The van der Waals surface area contributed by atoms with E-state index < -0.39 is 5.60 Å². The average Bonchev–Trinajstić information content (AvgIpc) is 2.45. The topological polar surface area (TPSA) is 26.3 Å². The first-order chi connectivity index (χ1) is 9.13. The van der Waals surface area contributed by atoms with Gasteiger partial charge in [-0.2, -0.15) is 0 Å². The van der Waals surface area contributed by atoms with Gasteiger partial charge in [0.1, 0.15) is 5.60 Å². The maximum atomic E-state index is 12.8. The molecule has 106 valence electrons. The second kappa shape index (κ2) is 7.44. The number of aryl methyl sites for hydroxylation is 1. The molecule has 0 aliphatic rings. The molecular formula is C17H26O2. The summed E-state index contributed by atoms with van der Waals surface area (Å²) >= 11 is 0. The number of ketones is 1. The summed E-state index contributed by atoms with van der Waals surface area (Å²) in [5.74, 6) is 0.123. The second-order valence-electron chi connectivity index (χ2n) is 4.91. The molecule has 0 saturated carbocycles. The third-order valence-corrected chi connectivity index (χ3v) is 3.70. The molecular weight excluding hydrogens is 236 g/mol. The van der Waals surface area contributed by atoms with E-state index in [2.05, 4.69) is 13.0 Å². The number of ether oxygens (including phenoxy) is 1. The zero-order chi connectivity index (χ0) is 14.3. The molecule has 2 nitrogen and oxygen atoms in total. The number of carbonyl (C=O) groups is 1. The van der Waals surface area contributed by atoms with Crippen LogP contribution in [-0.4, -0.2) is 18.0 Å². The Morgan fingerprint density at radius 1 is 1.16 bits per heavy atom. The second-order valence-corrected chi connectivity index (χ2v) is 4.91. The Morgan fingerprint density at radius 2 is 1.84 bits per heavy atom. The maximum absolute atomic E-state index is 12.8. The highest BCUT2D eigenvalue weighted by Gasteiger charge is 2.36. The summed E-state index contributed by atoms with van der Waals surface area (Å²) in [6.07, 6.45) is 3.54. The van der Waals surface area contributed by atoms with Gasteiger partial charge >= 0.3 is 0 Å². The van der Waals surface area contributed by atoms with E-state index in [4.69, 9.17) is 4.74 Å².